The van der Waals surface area contributed by atoms with Gasteiger partial charge >= 0.3 is 0 Å². The van der Waals surface area contributed by atoms with Gasteiger partial charge in [0.25, 0.3) is 0 Å². The van der Waals surface area contributed by atoms with Crippen molar-refractivity contribution in [3.8, 4) is 11.8 Å². The van der Waals surface area contributed by atoms with Crippen molar-refractivity contribution in [2.24, 2.45) is 0 Å². The van der Waals surface area contributed by atoms with E-state index in [4.69, 9.17) is 9.84 Å². The fraction of sp³-hybridized carbons (Fsp3) is 0.500. The maximum Gasteiger partial charge on any atom is 0.128 e. The number of aliphatic hydroxyl groups is 1. The van der Waals surface area contributed by atoms with Gasteiger partial charge < -0.3 is 9.84 Å². The van der Waals surface area contributed by atoms with Crippen LogP contribution < -0.4 is 0 Å². The third-order valence-corrected chi connectivity index (χ3v) is 3.60. The van der Waals surface area contributed by atoms with Gasteiger partial charge in [0.1, 0.15) is 12.4 Å². The molecular formula is C16H20FNO2. The Bertz CT molecular complexity index is 501. The van der Waals surface area contributed by atoms with Crippen LogP contribution in [-0.2, 0) is 11.3 Å². The summed E-state index contributed by atoms with van der Waals surface area (Å²) in [7, 11) is 2.02. The zero-order valence-corrected chi connectivity index (χ0v) is 11.7. The monoisotopic (exact) mass is 277 g/mol. The van der Waals surface area contributed by atoms with Gasteiger partial charge in [-0.25, -0.2) is 4.39 Å². The van der Waals surface area contributed by atoms with Crippen LogP contribution in [0.15, 0.2) is 18.2 Å². The van der Waals surface area contributed by atoms with E-state index in [1.54, 1.807) is 12.1 Å². The molecule has 1 N–H and O–H groups in total. The Morgan fingerprint density at radius 3 is 2.80 bits per heavy atom. The highest BCUT2D eigenvalue weighted by Gasteiger charge is 2.19. The lowest BCUT2D eigenvalue weighted by atomic mass is 10.1. The SMILES string of the molecule is CN(Cc1ccc(C#CCO)cc1F)C1CCOCC1. The second-order valence-corrected chi connectivity index (χ2v) is 5.02. The maximum atomic E-state index is 14.0. The van der Waals surface area contributed by atoms with E-state index < -0.39 is 0 Å². The second kappa shape index (κ2) is 7.39. The molecule has 0 atom stereocenters. The van der Waals surface area contributed by atoms with Gasteiger partial charge in [0, 0.05) is 36.9 Å². The van der Waals surface area contributed by atoms with E-state index in [0.717, 1.165) is 26.1 Å². The van der Waals surface area contributed by atoms with Crippen molar-refractivity contribution >= 4 is 0 Å². The Hall–Kier alpha value is -1.41. The Balaban J connectivity index is 2.01. The van der Waals surface area contributed by atoms with Crippen LogP contribution >= 0.6 is 0 Å². The van der Waals surface area contributed by atoms with Crippen LogP contribution in [-0.4, -0.2) is 42.9 Å². The van der Waals surface area contributed by atoms with Crippen LogP contribution in [0.5, 0.6) is 0 Å². The largest absolute Gasteiger partial charge is 0.384 e. The van der Waals surface area contributed by atoms with Gasteiger partial charge in [-0.2, -0.15) is 0 Å². The molecule has 2 rings (SSSR count). The molecule has 3 nitrogen and oxygen atoms in total. The van der Waals surface area contributed by atoms with Gasteiger partial charge in [-0.1, -0.05) is 17.9 Å². The Morgan fingerprint density at radius 2 is 2.15 bits per heavy atom. The predicted octanol–water partition coefficient (Wildman–Crippen LogP) is 1.78. The smallest absolute Gasteiger partial charge is 0.128 e. The summed E-state index contributed by atoms with van der Waals surface area (Å²) in [5.41, 5.74) is 1.27. The molecular weight excluding hydrogens is 257 g/mol. The van der Waals surface area contributed by atoms with E-state index in [0.29, 0.717) is 23.7 Å². The van der Waals surface area contributed by atoms with Gasteiger partial charge in [0.2, 0.25) is 0 Å². The molecule has 1 heterocycles. The summed E-state index contributed by atoms with van der Waals surface area (Å²) in [6.07, 6.45) is 2.00. The van der Waals surface area contributed by atoms with Crippen LogP contribution in [0.2, 0.25) is 0 Å². The first-order valence-corrected chi connectivity index (χ1v) is 6.87. The molecule has 0 unspecified atom stereocenters. The molecule has 4 heteroatoms. The van der Waals surface area contributed by atoms with Crippen molar-refractivity contribution in [3.63, 3.8) is 0 Å². The molecule has 0 radical (unpaired) electrons. The first kappa shape index (κ1) is 15.0. The van der Waals surface area contributed by atoms with Gasteiger partial charge in [-0.15, -0.1) is 0 Å². The molecule has 0 amide bonds. The number of ether oxygens (including phenoxy) is 1. The standard InChI is InChI=1S/C16H20FNO2/c1-18(15-6-9-20-10-7-15)12-14-5-4-13(3-2-8-19)11-16(14)17/h4-5,11,15,19H,6-10,12H2,1H3. The van der Waals surface area contributed by atoms with Gasteiger partial charge in [-0.05, 0) is 32.0 Å². The minimum atomic E-state index is -0.242. The van der Waals surface area contributed by atoms with Crippen molar-refractivity contribution in [2.45, 2.75) is 25.4 Å². The zero-order chi connectivity index (χ0) is 14.4. The van der Waals surface area contributed by atoms with Crippen LogP contribution in [0.25, 0.3) is 0 Å². The van der Waals surface area contributed by atoms with E-state index >= 15 is 0 Å². The second-order valence-electron chi connectivity index (χ2n) is 5.02. The molecule has 1 aliphatic rings. The minimum absolute atomic E-state index is 0.212. The molecule has 0 saturated carbocycles. The van der Waals surface area contributed by atoms with E-state index in [9.17, 15) is 4.39 Å². The topological polar surface area (TPSA) is 32.7 Å². The first-order chi connectivity index (χ1) is 9.70. The van der Waals surface area contributed by atoms with Crippen LogP contribution in [0, 0.1) is 17.7 Å². The van der Waals surface area contributed by atoms with Gasteiger partial charge in [-0.3, -0.25) is 4.90 Å². The molecule has 1 aromatic carbocycles. The molecule has 0 aliphatic carbocycles. The fourth-order valence-corrected chi connectivity index (χ4v) is 2.42. The summed E-state index contributed by atoms with van der Waals surface area (Å²) in [6, 6.07) is 5.44. The van der Waals surface area contributed by atoms with Crippen molar-refractivity contribution in [1.29, 1.82) is 0 Å². The lowest BCUT2D eigenvalue weighted by Crippen LogP contribution is -2.36. The van der Waals surface area contributed by atoms with Crippen molar-refractivity contribution in [3.05, 3.63) is 35.1 Å². The molecule has 1 aromatic rings. The number of hydrogen-bond donors (Lipinski definition) is 1. The number of benzene rings is 1. The molecule has 108 valence electrons. The average molecular weight is 277 g/mol. The average Bonchev–Trinajstić information content (AvgIpc) is 2.48. The predicted molar refractivity (Wildman–Crippen MR) is 75.7 cm³/mol. The third kappa shape index (κ3) is 4.04. The van der Waals surface area contributed by atoms with Crippen LogP contribution in [0.4, 0.5) is 4.39 Å². The summed E-state index contributed by atoms with van der Waals surface area (Å²) in [5, 5.41) is 8.63. The molecule has 0 bridgehead atoms. The molecule has 0 aromatic heterocycles. The van der Waals surface area contributed by atoms with Crippen LogP contribution in [0.1, 0.15) is 24.0 Å². The lowest BCUT2D eigenvalue weighted by molar-refractivity contribution is 0.0404. The van der Waals surface area contributed by atoms with Gasteiger partial charge in [0.15, 0.2) is 0 Å². The Kier molecular flexibility index (Phi) is 5.54. The summed E-state index contributed by atoms with van der Waals surface area (Å²) in [5.74, 6) is 4.99. The highest BCUT2D eigenvalue weighted by atomic mass is 19.1. The number of aliphatic hydroxyl groups excluding tert-OH is 1. The normalized spacial score (nSPS) is 16.0. The zero-order valence-electron chi connectivity index (χ0n) is 11.7. The van der Waals surface area contributed by atoms with E-state index in [-0.39, 0.29) is 12.4 Å². The number of hydrogen-bond acceptors (Lipinski definition) is 3. The van der Waals surface area contributed by atoms with Crippen LogP contribution in [0.3, 0.4) is 0 Å². The van der Waals surface area contributed by atoms with E-state index in [1.807, 2.05) is 7.05 Å². The molecule has 0 spiro atoms. The summed E-state index contributed by atoms with van der Waals surface area (Å²) in [4.78, 5) is 2.18. The molecule has 1 aliphatic heterocycles. The Morgan fingerprint density at radius 1 is 1.40 bits per heavy atom. The van der Waals surface area contributed by atoms with E-state index in [1.165, 1.54) is 6.07 Å². The van der Waals surface area contributed by atoms with Crippen molar-refractivity contribution in [1.82, 2.24) is 4.90 Å². The Labute approximate surface area is 119 Å². The quantitative estimate of drug-likeness (QED) is 0.855. The van der Waals surface area contributed by atoms with Crippen molar-refractivity contribution < 1.29 is 14.2 Å². The first-order valence-electron chi connectivity index (χ1n) is 6.87. The summed E-state index contributed by atoms with van der Waals surface area (Å²) in [6.45, 7) is 1.94. The van der Waals surface area contributed by atoms with E-state index in [2.05, 4.69) is 16.7 Å². The molecule has 1 saturated heterocycles. The summed E-state index contributed by atoms with van der Waals surface area (Å²) >= 11 is 0. The van der Waals surface area contributed by atoms with Gasteiger partial charge in [0.05, 0.1) is 0 Å². The molecule has 20 heavy (non-hydrogen) atoms. The van der Waals surface area contributed by atoms with Crippen molar-refractivity contribution in [2.75, 3.05) is 26.9 Å². The highest BCUT2D eigenvalue weighted by molar-refractivity contribution is 5.37. The highest BCUT2D eigenvalue weighted by Crippen LogP contribution is 2.18. The minimum Gasteiger partial charge on any atom is -0.384 e. The fourth-order valence-electron chi connectivity index (χ4n) is 2.42. The number of rotatable bonds is 3. The summed E-state index contributed by atoms with van der Waals surface area (Å²) < 4.78 is 19.4. The third-order valence-electron chi connectivity index (χ3n) is 3.60. The number of nitrogens with zero attached hydrogens (tertiary/aromatic N) is 1. The lowest BCUT2D eigenvalue weighted by Gasteiger charge is -2.31. The number of halogens is 1. The maximum absolute atomic E-state index is 14.0. The molecule has 1 fully saturated rings.